The highest BCUT2D eigenvalue weighted by molar-refractivity contribution is 7.91. The molecule has 0 spiro atoms. The van der Waals surface area contributed by atoms with Crippen LogP contribution < -0.4 is 0 Å². The molecule has 1 aliphatic rings. The van der Waals surface area contributed by atoms with E-state index in [2.05, 4.69) is 0 Å². The minimum atomic E-state index is -2.75. The smallest absolute Gasteiger partial charge is 0.150 e. The summed E-state index contributed by atoms with van der Waals surface area (Å²) in [6, 6.07) is 0. The van der Waals surface area contributed by atoms with E-state index in [0.717, 1.165) is 25.2 Å². The number of rotatable bonds is 15. The van der Waals surface area contributed by atoms with E-state index >= 15 is 0 Å². The van der Waals surface area contributed by atoms with E-state index < -0.39 is 9.84 Å². The van der Waals surface area contributed by atoms with Crippen molar-refractivity contribution in [3.05, 3.63) is 0 Å². The van der Waals surface area contributed by atoms with E-state index in [9.17, 15) is 8.42 Å². The highest BCUT2D eigenvalue weighted by Crippen LogP contribution is 2.31. The maximum absolute atomic E-state index is 11.6. The normalized spacial score (nSPS) is 15.9. The quantitative estimate of drug-likeness (QED) is 0.350. The van der Waals surface area contributed by atoms with Gasteiger partial charge in [0.1, 0.15) is 9.84 Å². The lowest BCUT2D eigenvalue weighted by Gasteiger charge is -2.24. The first-order chi connectivity index (χ1) is 10.6. The van der Waals surface area contributed by atoms with Crippen LogP contribution in [0.1, 0.15) is 103 Å². The first-order valence-electron chi connectivity index (χ1n) is 9.84. The average Bonchev–Trinajstić information content (AvgIpc) is 2.41. The van der Waals surface area contributed by atoms with Crippen molar-refractivity contribution >= 4 is 9.84 Å². The Labute approximate surface area is 139 Å². The van der Waals surface area contributed by atoms with Gasteiger partial charge in [-0.15, -0.1) is 0 Å². The number of hydrogen-bond donors (Lipinski definition) is 0. The topological polar surface area (TPSA) is 34.1 Å². The predicted octanol–water partition coefficient (Wildman–Crippen LogP) is 5.90. The fourth-order valence-electron chi connectivity index (χ4n) is 3.36. The summed E-state index contributed by atoms with van der Waals surface area (Å²) in [6.07, 6.45) is 19.6. The minimum absolute atomic E-state index is 0.369. The Morgan fingerprint density at radius 3 is 1.68 bits per heavy atom. The lowest BCUT2D eigenvalue weighted by molar-refractivity contribution is 0.286. The second-order valence-electron chi connectivity index (χ2n) is 7.27. The van der Waals surface area contributed by atoms with E-state index in [1.54, 1.807) is 0 Å². The first-order valence-corrected chi connectivity index (χ1v) is 11.7. The zero-order chi connectivity index (χ0) is 16.1. The van der Waals surface area contributed by atoms with E-state index in [1.165, 1.54) is 77.0 Å². The summed E-state index contributed by atoms with van der Waals surface area (Å²) >= 11 is 0. The maximum Gasteiger partial charge on any atom is 0.150 e. The molecule has 1 rings (SSSR count). The van der Waals surface area contributed by atoms with Gasteiger partial charge in [-0.2, -0.15) is 0 Å². The van der Waals surface area contributed by atoms with Crippen LogP contribution in [-0.4, -0.2) is 19.9 Å². The summed E-state index contributed by atoms with van der Waals surface area (Å²) in [5.74, 6) is 1.86. The Morgan fingerprint density at radius 1 is 0.727 bits per heavy atom. The summed E-state index contributed by atoms with van der Waals surface area (Å²) < 4.78 is 23.1. The SMILES string of the molecule is CCCS(=O)(=O)CCCCCCCCCCCCC1CCC1. The van der Waals surface area contributed by atoms with Gasteiger partial charge in [0.25, 0.3) is 0 Å². The molecule has 0 amide bonds. The van der Waals surface area contributed by atoms with E-state index in [1.807, 2.05) is 6.92 Å². The molecule has 0 radical (unpaired) electrons. The van der Waals surface area contributed by atoms with Gasteiger partial charge in [-0.1, -0.05) is 90.4 Å². The summed E-state index contributed by atoms with van der Waals surface area (Å²) in [5.41, 5.74) is 0. The van der Waals surface area contributed by atoms with Crippen LogP contribution in [0.5, 0.6) is 0 Å². The Balaban J connectivity index is 1.74. The summed E-state index contributed by atoms with van der Waals surface area (Å²) in [6.45, 7) is 1.94. The predicted molar refractivity (Wildman–Crippen MR) is 97.1 cm³/mol. The molecule has 0 aliphatic heterocycles. The van der Waals surface area contributed by atoms with Crippen molar-refractivity contribution < 1.29 is 8.42 Å². The molecule has 1 saturated carbocycles. The van der Waals surface area contributed by atoms with Gasteiger partial charge in [-0.05, 0) is 18.8 Å². The number of sulfone groups is 1. The number of unbranched alkanes of at least 4 members (excludes halogenated alkanes) is 9. The van der Waals surface area contributed by atoms with Crippen molar-refractivity contribution in [2.45, 2.75) is 103 Å². The fourth-order valence-corrected chi connectivity index (χ4v) is 4.83. The van der Waals surface area contributed by atoms with E-state index in [-0.39, 0.29) is 0 Å². The summed E-state index contributed by atoms with van der Waals surface area (Å²) in [7, 11) is -2.75. The van der Waals surface area contributed by atoms with Crippen LogP contribution >= 0.6 is 0 Å². The highest BCUT2D eigenvalue weighted by atomic mass is 32.2. The molecule has 3 heteroatoms. The van der Waals surface area contributed by atoms with Crippen LogP contribution in [0.15, 0.2) is 0 Å². The summed E-state index contributed by atoms with van der Waals surface area (Å²) in [5, 5.41) is 0. The lowest BCUT2D eigenvalue weighted by atomic mass is 9.81. The molecule has 0 saturated heterocycles. The zero-order valence-corrected chi connectivity index (χ0v) is 15.6. The molecule has 2 nitrogen and oxygen atoms in total. The highest BCUT2D eigenvalue weighted by Gasteiger charge is 2.15. The molecule has 0 bridgehead atoms. The summed E-state index contributed by atoms with van der Waals surface area (Å²) in [4.78, 5) is 0. The number of hydrogen-bond acceptors (Lipinski definition) is 2. The van der Waals surface area contributed by atoms with Gasteiger partial charge < -0.3 is 0 Å². The van der Waals surface area contributed by atoms with Crippen LogP contribution in [-0.2, 0) is 9.84 Å². The molecular weight excluding hydrogens is 292 g/mol. The van der Waals surface area contributed by atoms with E-state index in [4.69, 9.17) is 0 Å². The van der Waals surface area contributed by atoms with Crippen LogP contribution in [0.3, 0.4) is 0 Å². The van der Waals surface area contributed by atoms with Crippen LogP contribution in [0, 0.1) is 5.92 Å². The van der Waals surface area contributed by atoms with Gasteiger partial charge in [0.15, 0.2) is 0 Å². The molecule has 0 aromatic carbocycles. The molecule has 0 N–H and O–H groups in total. The Morgan fingerprint density at radius 2 is 1.23 bits per heavy atom. The van der Waals surface area contributed by atoms with Crippen molar-refractivity contribution in [2.75, 3.05) is 11.5 Å². The lowest BCUT2D eigenvalue weighted by Crippen LogP contribution is -2.10. The first kappa shape index (κ1) is 20.0. The van der Waals surface area contributed by atoms with Crippen LogP contribution in [0.4, 0.5) is 0 Å². The van der Waals surface area contributed by atoms with Gasteiger partial charge in [-0.3, -0.25) is 0 Å². The average molecular weight is 331 g/mol. The van der Waals surface area contributed by atoms with Gasteiger partial charge in [0.2, 0.25) is 0 Å². The second-order valence-corrected chi connectivity index (χ2v) is 9.58. The molecule has 0 unspecified atom stereocenters. The van der Waals surface area contributed by atoms with Gasteiger partial charge in [0.05, 0.1) is 5.75 Å². The third kappa shape index (κ3) is 10.6. The monoisotopic (exact) mass is 330 g/mol. The largest absolute Gasteiger partial charge is 0.229 e. The minimum Gasteiger partial charge on any atom is -0.229 e. The fraction of sp³-hybridized carbons (Fsp3) is 1.00. The Hall–Kier alpha value is -0.0500. The standard InChI is InChI=1S/C19H38O2S/c1-2-17-22(20,21)18-12-10-8-6-4-3-5-7-9-11-14-19-15-13-16-19/h19H,2-18H2,1H3. The molecule has 1 aliphatic carbocycles. The molecule has 132 valence electrons. The van der Waals surface area contributed by atoms with Gasteiger partial charge >= 0.3 is 0 Å². The van der Waals surface area contributed by atoms with Crippen molar-refractivity contribution in [3.8, 4) is 0 Å². The van der Waals surface area contributed by atoms with Crippen LogP contribution in [0.2, 0.25) is 0 Å². The molecule has 0 aromatic rings. The maximum atomic E-state index is 11.6. The third-order valence-corrected chi connectivity index (χ3v) is 7.00. The molecule has 0 atom stereocenters. The molecule has 1 fully saturated rings. The Kier molecular flexibility index (Phi) is 11.3. The van der Waals surface area contributed by atoms with Crippen LogP contribution in [0.25, 0.3) is 0 Å². The third-order valence-electron chi connectivity index (χ3n) is 5.06. The zero-order valence-electron chi connectivity index (χ0n) is 14.8. The van der Waals surface area contributed by atoms with Crippen molar-refractivity contribution in [2.24, 2.45) is 5.92 Å². The van der Waals surface area contributed by atoms with Crippen molar-refractivity contribution in [1.82, 2.24) is 0 Å². The van der Waals surface area contributed by atoms with Crippen molar-refractivity contribution in [1.29, 1.82) is 0 Å². The van der Waals surface area contributed by atoms with Crippen molar-refractivity contribution in [3.63, 3.8) is 0 Å². The Bertz CT molecular complexity index is 344. The van der Waals surface area contributed by atoms with Gasteiger partial charge in [0, 0.05) is 5.75 Å². The molecule has 0 aromatic heterocycles. The van der Waals surface area contributed by atoms with Gasteiger partial charge in [-0.25, -0.2) is 8.42 Å². The van der Waals surface area contributed by atoms with E-state index in [0.29, 0.717) is 11.5 Å². The molecular formula is C19H38O2S. The molecule has 22 heavy (non-hydrogen) atoms. The molecule has 0 heterocycles. The second kappa shape index (κ2) is 12.4.